The van der Waals surface area contributed by atoms with Gasteiger partial charge < -0.3 is 15.3 Å². The number of thioether (sulfide) groups is 1. The van der Waals surface area contributed by atoms with Gasteiger partial charge in [0.15, 0.2) is 5.60 Å². The van der Waals surface area contributed by atoms with Crippen molar-refractivity contribution in [3.8, 4) is 0 Å². The highest BCUT2D eigenvalue weighted by Crippen LogP contribution is 2.20. The Morgan fingerprint density at radius 2 is 1.65 bits per heavy atom. The molecule has 3 N–H and O–H groups in total. The van der Waals surface area contributed by atoms with Crippen molar-refractivity contribution in [1.29, 1.82) is 0 Å². The van der Waals surface area contributed by atoms with E-state index in [2.05, 4.69) is 12.1 Å². The quantitative estimate of drug-likeness (QED) is 0.507. The van der Waals surface area contributed by atoms with Gasteiger partial charge in [-0.15, -0.1) is 0 Å². The number of aliphatic carboxylic acids is 2. The van der Waals surface area contributed by atoms with Crippen molar-refractivity contribution in [1.82, 2.24) is 0 Å². The molecule has 0 bridgehead atoms. The number of aliphatic hydroxyl groups is 1. The average Bonchev–Trinajstić information content (AvgIpc) is 2.50. The van der Waals surface area contributed by atoms with Gasteiger partial charge >= 0.3 is 11.9 Å². The maximum Gasteiger partial charge on any atom is 0.337 e. The lowest BCUT2D eigenvalue weighted by molar-refractivity contribution is -0.162. The zero-order valence-electron chi connectivity index (χ0n) is 13.1. The number of carbonyl (C=O) groups is 2. The SMILES string of the molecule is O=C(O)C[C@](O)(CSCCCCCCc1ccccc1)C(=O)O. The first kappa shape index (κ1) is 19.5. The van der Waals surface area contributed by atoms with Crippen molar-refractivity contribution in [3.63, 3.8) is 0 Å². The lowest BCUT2D eigenvalue weighted by atomic mass is 10.0. The van der Waals surface area contributed by atoms with Crippen molar-refractivity contribution in [2.75, 3.05) is 11.5 Å². The van der Waals surface area contributed by atoms with Crippen LogP contribution in [0.25, 0.3) is 0 Å². The molecule has 0 unspecified atom stereocenters. The third kappa shape index (κ3) is 8.04. The third-order valence-electron chi connectivity index (χ3n) is 3.53. The molecule has 0 radical (unpaired) electrons. The zero-order valence-corrected chi connectivity index (χ0v) is 13.9. The van der Waals surface area contributed by atoms with Gasteiger partial charge in [-0.3, -0.25) is 4.79 Å². The predicted octanol–water partition coefficient (Wildman–Crippen LogP) is 2.81. The molecule has 0 fully saturated rings. The van der Waals surface area contributed by atoms with E-state index in [-0.39, 0.29) is 5.75 Å². The Bertz CT molecular complexity index is 491. The molecule has 0 aliphatic carbocycles. The molecule has 1 aromatic rings. The molecule has 0 aromatic heterocycles. The van der Waals surface area contributed by atoms with E-state index in [0.717, 1.165) is 37.9 Å². The minimum absolute atomic E-state index is 0.0986. The summed E-state index contributed by atoms with van der Waals surface area (Å²) < 4.78 is 0. The van der Waals surface area contributed by atoms with Crippen LogP contribution >= 0.6 is 11.8 Å². The van der Waals surface area contributed by atoms with Crippen molar-refractivity contribution >= 4 is 23.7 Å². The second-order valence-electron chi connectivity index (χ2n) is 5.61. The Kier molecular flexibility index (Phi) is 8.73. The van der Waals surface area contributed by atoms with Crippen LogP contribution in [-0.4, -0.2) is 44.4 Å². The van der Waals surface area contributed by atoms with E-state index in [4.69, 9.17) is 10.2 Å². The highest BCUT2D eigenvalue weighted by atomic mass is 32.2. The van der Waals surface area contributed by atoms with E-state index in [1.807, 2.05) is 18.2 Å². The number of rotatable bonds is 12. The normalized spacial score (nSPS) is 13.4. The van der Waals surface area contributed by atoms with Crippen LogP contribution in [0.2, 0.25) is 0 Å². The van der Waals surface area contributed by atoms with E-state index in [9.17, 15) is 14.7 Å². The molecule has 0 aliphatic heterocycles. The first-order valence-electron chi connectivity index (χ1n) is 7.73. The van der Waals surface area contributed by atoms with Crippen LogP contribution in [-0.2, 0) is 16.0 Å². The Morgan fingerprint density at radius 1 is 1.00 bits per heavy atom. The van der Waals surface area contributed by atoms with Crippen LogP contribution < -0.4 is 0 Å². The molecular weight excluding hydrogens is 316 g/mol. The fourth-order valence-electron chi connectivity index (χ4n) is 2.21. The van der Waals surface area contributed by atoms with Crippen LogP contribution in [0.15, 0.2) is 30.3 Å². The molecule has 1 rings (SSSR count). The number of unbranched alkanes of at least 4 members (excludes halogenated alkanes) is 3. The first-order chi connectivity index (χ1) is 10.9. The molecule has 23 heavy (non-hydrogen) atoms. The number of carboxylic acid groups (broad SMARTS) is 2. The summed E-state index contributed by atoms with van der Waals surface area (Å²) in [5.41, 5.74) is -0.842. The van der Waals surface area contributed by atoms with E-state index < -0.39 is 24.0 Å². The number of hydrogen-bond donors (Lipinski definition) is 3. The van der Waals surface area contributed by atoms with Gasteiger partial charge in [-0.05, 0) is 30.6 Å². The van der Waals surface area contributed by atoms with E-state index in [0.29, 0.717) is 0 Å². The second kappa shape index (κ2) is 10.3. The Hall–Kier alpha value is -1.53. The maximum atomic E-state index is 11.0. The van der Waals surface area contributed by atoms with Crippen LogP contribution in [0.4, 0.5) is 0 Å². The summed E-state index contributed by atoms with van der Waals surface area (Å²) in [4.78, 5) is 21.6. The maximum absolute atomic E-state index is 11.0. The first-order valence-corrected chi connectivity index (χ1v) is 8.89. The van der Waals surface area contributed by atoms with Crippen molar-refractivity contribution < 1.29 is 24.9 Å². The highest BCUT2D eigenvalue weighted by Gasteiger charge is 2.38. The molecule has 0 aliphatic rings. The molecule has 0 spiro atoms. The van der Waals surface area contributed by atoms with E-state index in [1.165, 1.54) is 17.3 Å². The Morgan fingerprint density at radius 3 is 2.26 bits per heavy atom. The van der Waals surface area contributed by atoms with Gasteiger partial charge in [0, 0.05) is 5.75 Å². The molecule has 6 heteroatoms. The molecule has 0 saturated heterocycles. The summed E-state index contributed by atoms with van der Waals surface area (Å²) >= 11 is 1.29. The molecule has 0 heterocycles. The third-order valence-corrected chi connectivity index (χ3v) is 4.79. The Labute approximate surface area is 140 Å². The van der Waals surface area contributed by atoms with Crippen LogP contribution in [0.3, 0.4) is 0 Å². The number of aryl methyl sites for hydroxylation is 1. The van der Waals surface area contributed by atoms with Gasteiger partial charge in [0.05, 0.1) is 6.42 Å². The van der Waals surface area contributed by atoms with E-state index in [1.54, 1.807) is 0 Å². The molecule has 5 nitrogen and oxygen atoms in total. The number of benzene rings is 1. The van der Waals surface area contributed by atoms with Gasteiger partial charge in [-0.2, -0.15) is 11.8 Å². The topological polar surface area (TPSA) is 94.8 Å². The van der Waals surface area contributed by atoms with Gasteiger partial charge in [-0.25, -0.2) is 4.79 Å². The summed E-state index contributed by atoms with van der Waals surface area (Å²) in [6.07, 6.45) is 4.49. The van der Waals surface area contributed by atoms with Crippen LogP contribution in [0, 0.1) is 0 Å². The monoisotopic (exact) mass is 340 g/mol. The van der Waals surface area contributed by atoms with Gasteiger partial charge in [-0.1, -0.05) is 43.2 Å². The summed E-state index contributed by atoms with van der Waals surface area (Å²) in [6, 6.07) is 10.3. The summed E-state index contributed by atoms with van der Waals surface area (Å²) in [5.74, 6) is -2.16. The van der Waals surface area contributed by atoms with E-state index >= 15 is 0 Å². The molecular formula is C17H24O5S. The summed E-state index contributed by atoms with van der Waals surface area (Å²) in [7, 11) is 0. The minimum Gasteiger partial charge on any atom is -0.481 e. The Balaban J connectivity index is 2.10. The largest absolute Gasteiger partial charge is 0.481 e. The highest BCUT2D eigenvalue weighted by molar-refractivity contribution is 7.99. The molecule has 128 valence electrons. The minimum atomic E-state index is -2.18. The van der Waals surface area contributed by atoms with Crippen molar-refractivity contribution in [2.45, 2.75) is 44.1 Å². The summed E-state index contributed by atoms with van der Waals surface area (Å²) in [5, 5.41) is 27.4. The van der Waals surface area contributed by atoms with Crippen molar-refractivity contribution in [2.24, 2.45) is 0 Å². The van der Waals surface area contributed by atoms with Gasteiger partial charge in [0.1, 0.15) is 0 Å². The van der Waals surface area contributed by atoms with Gasteiger partial charge in [0.25, 0.3) is 0 Å². The lowest BCUT2D eigenvalue weighted by Crippen LogP contribution is -2.43. The standard InChI is InChI=1S/C17H24O5S/c18-15(19)12-17(22,16(20)21)13-23-11-7-2-1-4-8-14-9-5-3-6-10-14/h3,5-6,9-10,22H,1-2,4,7-8,11-13H2,(H,18,19)(H,20,21)/t17-/m0/s1. The fourth-order valence-corrected chi connectivity index (χ4v) is 3.33. The average molecular weight is 340 g/mol. The van der Waals surface area contributed by atoms with Crippen molar-refractivity contribution in [3.05, 3.63) is 35.9 Å². The molecule has 1 aromatic carbocycles. The molecule has 1 atom stereocenters. The predicted molar refractivity (Wildman–Crippen MR) is 90.8 cm³/mol. The molecule has 0 saturated carbocycles. The smallest absolute Gasteiger partial charge is 0.337 e. The van der Waals surface area contributed by atoms with Crippen LogP contribution in [0.5, 0.6) is 0 Å². The number of carboxylic acids is 2. The number of hydrogen-bond acceptors (Lipinski definition) is 4. The fraction of sp³-hybridized carbons (Fsp3) is 0.529. The van der Waals surface area contributed by atoms with Gasteiger partial charge in [0.2, 0.25) is 0 Å². The second-order valence-corrected chi connectivity index (χ2v) is 6.71. The lowest BCUT2D eigenvalue weighted by Gasteiger charge is -2.20. The summed E-state index contributed by atoms with van der Waals surface area (Å²) in [6.45, 7) is 0. The zero-order chi connectivity index (χ0) is 17.1. The van der Waals surface area contributed by atoms with Crippen LogP contribution in [0.1, 0.15) is 37.7 Å². The molecule has 0 amide bonds.